The number of nitrogens with one attached hydrogen (secondary N) is 2. The van der Waals surface area contributed by atoms with Gasteiger partial charge in [0, 0.05) is 28.6 Å². The van der Waals surface area contributed by atoms with Gasteiger partial charge in [-0.25, -0.2) is 0 Å². The monoisotopic (exact) mass is 419 g/mol. The van der Waals surface area contributed by atoms with Crippen molar-refractivity contribution in [2.75, 3.05) is 45.2 Å². The largest absolute Gasteiger partial charge is 0.374 e. The van der Waals surface area contributed by atoms with Crippen LogP contribution in [-0.4, -0.2) is 56.7 Å². The Morgan fingerprint density at radius 2 is 2.29 bits per heavy atom. The number of likely N-dealkylation sites (N-methyl/N-ethyl adjacent to an activating group) is 1. The Kier molecular flexibility index (Phi) is 6.63. The van der Waals surface area contributed by atoms with Crippen molar-refractivity contribution in [3.63, 3.8) is 0 Å². The van der Waals surface area contributed by atoms with E-state index in [9.17, 15) is 4.79 Å². The molecule has 1 aromatic rings. The molecule has 7 heteroatoms. The highest BCUT2D eigenvalue weighted by Crippen LogP contribution is 2.26. The molecule has 116 valence electrons. The summed E-state index contributed by atoms with van der Waals surface area (Å²) in [5, 5.41) is 6.03. The molecular formula is C14H19Br2N3O2. The fraction of sp³-hybridized carbons (Fsp3) is 0.500. The van der Waals surface area contributed by atoms with E-state index in [0.717, 1.165) is 34.3 Å². The number of rotatable bonds is 5. The number of halogens is 2. The number of ether oxygens (including phenoxy) is 1. The van der Waals surface area contributed by atoms with Gasteiger partial charge in [-0.05, 0) is 41.2 Å². The summed E-state index contributed by atoms with van der Waals surface area (Å²) in [7, 11) is 1.90. The number of morpholine rings is 1. The molecular weight excluding hydrogens is 402 g/mol. The standard InChI is InChI=1S/C14H19Br2N3O2/c1-17-7-11-8-19(4-5-21-11)9-14(20)18-13-3-2-10(15)6-12(13)16/h2-3,6,11,17H,4-5,7-9H2,1H3,(H,18,20). The Hall–Kier alpha value is -0.470. The van der Waals surface area contributed by atoms with E-state index in [2.05, 4.69) is 47.4 Å². The number of hydrogen-bond donors (Lipinski definition) is 2. The SMILES string of the molecule is CNCC1CN(CC(=O)Nc2ccc(Br)cc2Br)CCO1. The van der Waals surface area contributed by atoms with E-state index in [1.165, 1.54) is 0 Å². The number of carbonyl (C=O) groups excluding carboxylic acids is 1. The minimum atomic E-state index is -0.0110. The molecule has 0 spiro atoms. The Morgan fingerprint density at radius 3 is 3.00 bits per heavy atom. The van der Waals surface area contributed by atoms with Crippen molar-refractivity contribution in [2.45, 2.75) is 6.10 Å². The van der Waals surface area contributed by atoms with Gasteiger partial charge in [0.1, 0.15) is 0 Å². The van der Waals surface area contributed by atoms with Crippen LogP contribution in [0.1, 0.15) is 0 Å². The molecule has 1 amide bonds. The summed E-state index contributed by atoms with van der Waals surface area (Å²) in [5.41, 5.74) is 0.781. The number of benzene rings is 1. The molecule has 0 aliphatic carbocycles. The zero-order valence-electron chi connectivity index (χ0n) is 11.9. The van der Waals surface area contributed by atoms with E-state index in [-0.39, 0.29) is 12.0 Å². The average molecular weight is 421 g/mol. The maximum atomic E-state index is 12.1. The molecule has 0 bridgehead atoms. The Morgan fingerprint density at radius 1 is 1.48 bits per heavy atom. The lowest BCUT2D eigenvalue weighted by Gasteiger charge is -2.32. The Bertz CT molecular complexity index is 497. The van der Waals surface area contributed by atoms with Crippen molar-refractivity contribution in [3.05, 3.63) is 27.1 Å². The fourth-order valence-corrected chi connectivity index (χ4v) is 3.41. The summed E-state index contributed by atoms with van der Waals surface area (Å²) in [5.74, 6) is -0.0110. The third kappa shape index (κ3) is 5.34. The van der Waals surface area contributed by atoms with Gasteiger partial charge in [-0.1, -0.05) is 15.9 Å². The lowest BCUT2D eigenvalue weighted by Crippen LogP contribution is -2.48. The molecule has 5 nitrogen and oxygen atoms in total. The third-order valence-electron chi connectivity index (χ3n) is 3.23. The molecule has 21 heavy (non-hydrogen) atoms. The van der Waals surface area contributed by atoms with Crippen molar-refractivity contribution in [2.24, 2.45) is 0 Å². The molecule has 1 aromatic carbocycles. The predicted octanol–water partition coefficient (Wildman–Crippen LogP) is 2.07. The molecule has 2 rings (SSSR count). The van der Waals surface area contributed by atoms with Crippen molar-refractivity contribution >= 4 is 43.5 Å². The van der Waals surface area contributed by atoms with Gasteiger partial charge in [-0.2, -0.15) is 0 Å². The van der Waals surface area contributed by atoms with Gasteiger partial charge in [0.05, 0.1) is 24.9 Å². The van der Waals surface area contributed by atoms with Crippen LogP contribution in [-0.2, 0) is 9.53 Å². The van der Waals surface area contributed by atoms with E-state index >= 15 is 0 Å². The van der Waals surface area contributed by atoms with Crippen LogP contribution in [0.4, 0.5) is 5.69 Å². The van der Waals surface area contributed by atoms with Crippen molar-refractivity contribution in [3.8, 4) is 0 Å². The smallest absolute Gasteiger partial charge is 0.238 e. The quantitative estimate of drug-likeness (QED) is 0.765. The van der Waals surface area contributed by atoms with Gasteiger partial charge >= 0.3 is 0 Å². The summed E-state index contributed by atoms with van der Waals surface area (Å²) in [6.45, 7) is 3.41. The first-order valence-electron chi connectivity index (χ1n) is 6.82. The highest BCUT2D eigenvalue weighted by atomic mass is 79.9. The van der Waals surface area contributed by atoms with Crippen LogP contribution in [0.3, 0.4) is 0 Å². The van der Waals surface area contributed by atoms with Gasteiger partial charge in [-0.3, -0.25) is 9.69 Å². The van der Waals surface area contributed by atoms with Gasteiger partial charge in [0.15, 0.2) is 0 Å². The Balaban J connectivity index is 1.86. The molecule has 0 aromatic heterocycles. The average Bonchev–Trinajstić information content (AvgIpc) is 2.43. The minimum Gasteiger partial charge on any atom is -0.374 e. The molecule has 1 fully saturated rings. The number of hydrogen-bond acceptors (Lipinski definition) is 4. The van der Waals surface area contributed by atoms with E-state index in [1.807, 2.05) is 25.2 Å². The topological polar surface area (TPSA) is 53.6 Å². The van der Waals surface area contributed by atoms with Gasteiger partial charge < -0.3 is 15.4 Å². The first-order chi connectivity index (χ1) is 10.1. The number of amides is 1. The van der Waals surface area contributed by atoms with Crippen molar-refractivity contribution < 1.29 is 9.53 Å². The van der Waals surface area contributed by atoms with Crippen LogP contribution in [0.15, 0.2) is 27.1 Å². The van der Waals surface area contributed by atoms with Crippen LogP contribution in [0.2, 0.25) is 0 Å². The zero-order valence-corrected chi connectivity index (χ0v) is 15.0. The van der Waals surface area contributed by atoms with E-state index in [0.29, 0.717) is 13.2 Å². The summed E-state index contributed by atoms with van der Waals surface area (Å²) < 4.78 is 7.46. The van der Waals surface area contributed by atoms with Crippen LogP contribution in [0.25, 0.3) is 0 Å². The summed E-state index contributed by atoms with van der Waals surface area (Å²) in [4.78, 5) is 14.3. The highest BCUT2D eigenvalue weighted by molar-refractivity contribution is 9.11. The second-order valence-corrected chi connectivity index (χ2v) is 6.73. The van der Waals surface area contributed by atoms with Gasteiger partial charge in [0.2, 0.25) is 5.91 Å². The molecule has 1 aliphatic heterocycles. The zero-order chi connectivity index (χ0) is 15.2. The maximum Gasteiger partial charge on any atom is 0.238 e. The number of anilines is 1. The molecule has 1 heterocycles. The summed E-state index contributed by atoms with van der Waals surface area (Å²) >= 11 is 6.84. The fourth-order valence-electron chi connectivity index (χ4n) is 2.26. The van der Waals surface area contributed by atoms with E-state index in [1.54, 1.807) is 0 Å². The van der Waals surface area contributed by atoms with Crippen molar-refractivity contribution in [1.82, 2.24) is 10.2 Å². The minimum absolute atomic E-state index is 0.0110. The van der Waals surface area contributed by atoms with E-state index in [4.69, 9.17) is 4.74 Å². The van der Waals surface area contributed by atoms with Crippen LogP contribution >= 0.6 is 31.9 Å². The van der Waals surface area contributed by atoms with Crippen LogP contribution < -0.4 is 10.6 Å². The highest BCUT2D eigenvalue weighted by Gasteiger charge is 2.21. The normalized spacial score (nSPS) is 19.5. The number of nitrogens with zero attached hydrogens (tertiary/aromatic N) is 1. The molecule has 2 N–H and O–H groups in total. The predicted molar refractivity (Wildman–Crippen MR) is 90.6 cm³/mol. The van der Waals surface area contributed by atoms with E-state index < -0.39 is 0 Å². The molecule has 1 aliphatic rings. The Labute approximate surface area is 141 Å². The third-order valence-corrected chi connectivity index (χ3v) is 4.38. The molecule has 1 unspecified atom stereocenters. The second kappa shape index (κ2) is 8.24. The molecule has 1 atom stereocenters. The first-order valence-corrected chi connectivity index (χ1v) is 8.40. The summed E-state index contributed by atoms with van der Waals surface area (Å²) in [6.07, 6.45) is 0.149. The molecule has 1 saturated heterocycles. The maximum absolute atomic E-state index is 12.1. The molecule has 0 saturated carbocycles. The number of carbonyl (C=O) groups is 1. The van der Waals surface area contributed by atoms with Gasteiger partial charge in [0.25, 0.3) is 0 Å². The lowest BCUT2D eigenvalue weighted by molar-refractivity contribution is -0.119. The van der Waals surface area contributed by atoms with Gasteiger partial charge in [-0.15, -0.1) is 0 Å². The van der Waals surface area contributed by atoms with Crippen LogP contribution in [0.5, 0.6) is 0 Å². The lowest BCUT2D eigenvalue weighted by atomic mass is 10.2. The van der Waals surface area contributed by atoms with Crippen molar-refractivity contribution in [1.29, 1.82) is 0 Å². The van der Waals surface area contributed by atoms with Crippen LogP contribution in [0, 0.1) is 0 Å². The first kappa shape index (κ1) is 16.9. The summed E-state index contributed by atoms with van der Waals surface area (Å²) in [6, 6.07) is 5.68. The second-order valence-electron chi connectivity index (χ2n) is 4.96. The molecule has 0 radical (unpaired) electrons.